The van der Waals surface area contributed by atoms with E-state index in [-0.39, 0.29) is 28.9 Å². The summed E-state index contributed by atoms with van der Waals surface area (Å²) in [6, 6.07) is 12.9. The first-order valence-electron chi connectivity index (χ1n) is 11.7. The Bertz CT molecular complexity index is 1360. The molecule has 188 valence electrons. The minimum absolute atomic E-state index is 0.00290. The highest BCUT2D eigenvalue weighted by molar-refractivity contribution is 8.27. The Morgan fingerprint density at radius 3 is 2.46 bits per heavy atom. The van der Waals surface area contributed by atoms with Crippen LogP contribution in [0.3, 0.4) is 0 Å². The topological polar surface area (TPSA) is 115 Å². The average Bonchev–Trinajstić information content (AvgIpc) is 3.30. The summed E-state index contributed by atoms with van der Waals surface area (Å²) in [7, 11) is 0. The zero-order chi connectivity index (χ0) is 25.9. The highest BCUT2D eigenvalue weighted by atomic mass is 35.5. The number of amides is 2. The number of hydrogen-bond donors (Lipinski definition) is 1. The van der Waals surface area contributed by atoms with Gasteiger partial charge in [0.25, 0.3) is 5.91 Å². The predicted molar refractivity (Wildman–Crippen MR) is 143 cm³/mol. The molecule has 1 fully saturated rings. The second-order valence-electron chi connectivity index (χ2n) is 8.60. The molecule has 9 nitrogen and oxygen atoms in total. The van der Waals surface area contributed by atoms with Gasteiger partial charge in [0, 0.05) is 18.1 Å². The van der Waals surface area contributed by atoms with Gasteiger partial charge in [-0.2, -0.15) is 15.1 Å². The fraction of sp³-hybridized carbons (Fsp3) is 0.231. The molecule has 37 heavy (non-hydrogen) atoms. The van der Waals surface area contributed by atoms with E-state index >= 15 is 0 Å². The van der Waals surface area contributed by atoms with Gasteiger partial charge in [-0.3, -0.25) is 15.0 Å². The van der Waals surface area contributed by atoms with Crippen molar-refractivity contribution in [3.8, 4) is 5.75 Å². The Labute approximate surface area is 222 Å². The lowest BCUT2D eigenvalue weighted by molar-refractivity contribution is -0.130. The number of ether oxygens (including phenoxy) is 1. The normalized spacial score (nSPS) is 18.5. The van der Waals surface area contributed by atoms with E-state index in [4.69, 9.17) is 21.7 Å². The van der Waals surface area contributed by atoms with Crippen molar-refractivity contribution in [1.82, 2.24) is 9.91 Å². The number of rotatable bonds is 5. The molecule has 11 heteroatoms. The van der Waals surface area contributed by atoms with Gasteiger partial charge in [-0.15, -0.1) is 0 Å². The van der Waals surface area contributed by atoms with E-state index in [1.807, 2.05) is 4.90 Å². The highest BCUT2D eigenvalue weighted by Crippen LogP contribution is 2.30. The molecular formula is C26H22ClN5O4S. The summed E-state index contributed by atoms with van der Waals surface area (Å²) in [5.41, 5.74) is 1.06. The Morgan fingerprint density at radius 2 is 1.76 bits per heavy atom. The lowest BCUT2D eigenvalue weighted by Gasteiger charge is -2.26. The van der Waals surface area contributed by atoms with Crippen LogP contribution in [0.1, 0.15) is 41.6 Å². The molecule has 1 saturated heterocycles. The van der Waals surface area contributed by atoms with Gasteiger partial charge in [0.2, 0.25) is 11.1 Å². The molecule has 0 radical (unpaired) electrons. The monoisotopic (exact) mass is 535 g/mol. The number of nitrogens with one attached hydrogen (secondary N) is 1. The van der Waals surface area contributed by atoms with Crippen molar-refractivity contribution in [2.24, 2.45) is 10.1 Å². The number of hydrazone groups is 1. The number of esters is 1. The molecule has 1 N–H and O–H groups in total. The molecule has 2 aromatic carbocycles. The number of nitrogens with zero attached hydrogens (tertiary/aromatic N) is 4. The summed E-state index contributed by atoms with van der Waals surface area (Å²) in [6.45, 7) is 1.50. The van der Waals surface area contributed by atoms with E-state index in [2.05, 4.69) is 10.1 Å². The lowest BCUT2D eigenvalue weighted by atomic mass is 10.1. The minimum atomic E-state index is -0.555. The van der Waals surface area contributed by atoms with Crippen LogP contribution in [0.4, 0.5) is 0 Å². The maximum atomic E-state index is 12.7. The fourth-order valence-electron chi connectivity index (χ4n) is 4.04. The summed E-state index contributed by atoms with van der Waals surface area (Å²) in [4.78, 5) is 43.5. The maximum Gasteiger partial charge on any atom is 0.343 e. The largest absolute Gasteiger partial charge is 0.423 e. The summed E-state index contributed by atoms with van der Waals surface area (Å²) >= 11 is 6.99. The molecule has 0 saturated carbocycles. The number of likely N-dealkylation sites (tertiary alicyclic amines) is 1. The predicted octanol–water partition coefficient (Wildman–Crippen LogP) is 4.58. The first-order valence-corrected chi connectivity index (χ1v) is 12.9. The summed E-state index contributed by atoms with van der Waals surface area (Å²) in [6.07, 6.45) is 4.80. The van der Waals surface area contributed by atoms with Gasteiger partial charge < -0.3 is 9.64 Å². The van der Waals surface area contributed by atoms with Crippen LogP contribution in [0.25, 0.3) is 6.08 Å². The van der Waals surface area contributed by atoms with Gasteiger partial charge in [-0.1, -0.05) is 23.7 Å². The highest BCUT2D eigenvalue weighted by Gasteiger charge is 2.36. The first kappa shape index (κ1) is 24.9. The summed E-state index contributed by atoms with van der Waals surface area (Å²) < 4.78 is 5.38. The van der Waals surface area contributed by atoms with E-state index < -0.39 is 11.9 Å². The third-order valence-electron chi connectivity index (χ3n) is 5.99. The van der Waals surface area contributed by atoms with Crippen molar-refractivity contribution in [1.29, 1.82) is 5.41 Å². The van der Waals surface area contributed by atoms with Crippen molar-refractivity contribution in [3.05, 3.63) is 70.3 Å². The number of fused-ring (bicyclic) bond motifs is 1. The molecule has 3 aliphatic heterocycles. The number of carbonyl (C=O) groups excluding carboxylic acids is 3. The van der Waals surface area contributed by atoms with Crippen LogP contribution in [0, 0.1) is 5.41 Å². The lowest BCUT2D eigenvalue weighted by Crippen LogP contribution is -2.36. The Kier molecular flexibility index (Phi) is 7.20. The van der Waals surface area contributed by atoms with Crippen molar-refractivity contribution in [2.45, 2.75) is 25.7 Å². The van der Waals surface area contributed by atoms with E-state index in [9.17, 15) is 14.4 Å². The van der Waals surface area contributed by atoms with Crippen LogP contribution in [0.2, 0.25) is 5.02 Å². The van der Waals surface area contributed by atoms with E-state index in [0.29, 0.717) is 26.9 Å². The van der Waals surface area contributed by atoms with Crippen LogP contribution >= 0.6 is 23.4 Å². The van der Waals surface area contributed by atoms with Gasteiger partial charge in [-0.25, -0.2) is 4.79 Å². The van der Waals surface area contributed by atoms with Gasteiger partial charge in [0.15, 0.2) is 5.84 Å². The maximum absolute atomic E-state index is 12.7. The van der Waals surface area contributed by atoms with Gasteiger partial charge >= 0.3 is 5.97 Å². The fourth-order valence-corrected chi connectivity index (χ4v) is 5.04. The third kappa shape index (κ3) is 5.65. The molecule has 0 aromatic heterocycles. The Morgan fingerprint density at radius 1 is 1.05 bits per heavy atom. The minimum Gasteiger partial charge on any atom is -0.423 e. The molecule has 0 bridgehead atoms. The van der Waals surface area contributed by atoms with Gasteiger partial charge in [0.1, 0.15) is 10.8 Å². The van der Waals surface area contributed by atoms with Crippen LogP contribution in [-0.2, 0) is 9.59 Å². The summed E-state index contributed by atoms with van der Waals surface area (Å²) in [5, 5.41) is 15.5. The van der Waals surface area contributed by atoms with Crippen LogP contribution in [0.15, 0.2) is 64.2 Å². The summed E-state index contributed by atoms with van der Waals surface area (Å²) in [5.74, 6) is -0.859. The molecule has 5 rings (SSSR count). The first-order chi connectivity index (χ1) is 17.9. The number of halogens is 1. The van der Waals surface area contributed by atoms with Crippen molar-refractivity contribution >= 4 is 63.3 Å². The molecule has 0 aliphatic carbocycles. The number of amidine groups is 2. The van der Waals surface area contributed by atoms with E-state index in [1.54, 1.807) is 48.5 Å². The Balaban J connectivity index is 1.26. The van der Waals surface area contributed by atoms with E-state index in [0.717, 1.165) is 44.1 Å². The molecule has 0 spiro atoms. The second-order valence-corrected chi connectivity index (χ2v) is 10.1. The van der Waals surface area contributed by atoms with Crippen LogP contribution in [0.5, 0.6) is 5.75 Å². The van der Waals surface area contributed by atoms with Crippen molar-refractivity contribution < 1.29 is 19.1 Å². The van der Waals surface area contributed by atoms with Gasteiger partial charge in [-0.05, 0) is 79.1 Å². The number of carbonyl (C=O) groups is 3. The quantitative estimate of drug-likeness (QED) is 0.340. The number of piperidine rings is 1. The number of aliphatic imine (C=N–C) groups is 1. The van der Waals surface area contributed by atoms with Gasteiger partial charge in [0.05, 0.1) is 17.6 Å². The number of hydrogen-bond acceptors (Lipinski definition) is 7. The SMILES string of the molecule is N=C1/C(=C/c2ccc(OC(=O)c3ccc(Cl)cc3)cc2)C(=O)N=C2SC(CC(=O)N3CCCCC3)=NN12. The Hall–Kier alpha value is -3.76. The van der Waals surface area contributed by atoms with E-state index in [1.165, 1.54) is 11.1 Å². The van der Waals surface area contributed by atoms with Crippen LogP contribution < -0.4 is 4.74 Å². The molecule has 0 unspecified atom stereocenters. The number of thioether (sulfide) groups is 1. The third-order valence-corrected chi connectivity index (χ3v) is 7.15. The van der Waals surface area contributed by atoms with Crippen molar-refractivity contribution in [3.63, 3.8) is 0 Å². The second kappa shape index (κ2) is 10.7. The molecule has 3 heterocycles. The molecule has 3 aliphatic rings. The van der Waals surface area contributed by atoms with Crippen LogP contribution in [-0.4, -0.2) is 56.8 Å². The molecule has 0 atom stereocenters. The molecular weight excluding hydrogens is 514 g/mol. The molecule has 2 aromatic rings. The number of benzene rings is 2. The van der Waals surface area contributed by atoms with Crippen molar-refractivity contribution in [2.75, 3.05) is 13.1 Å². The molecule has 2 amide bonds. The average molecular weight is 536 g/mol. The zero-order valence-corrected chi connectivity index (χ0v) is 21.2. The smallest absolute Gasteiger partial charge is 0.343 e. The standard InChI is InChI=1S/C26H22ClN5O4S/c27-18-8-6-17(7-9-18)25(35)36-19-10-4-16(5-11-19)14-20-23(28)32-26(29-24(20)34)37-21(30-32)15-22(33)31-12-2-1-3-13-31/h4-11,14,28H,1-3,12-13,15H2/b20-14-,28-23?. The zero-order valence-electron chi connectivity index (χ0n) is 19.6.